The van der Waals surface area contributed by atoms with Gasteiger partial charge in [-0.15, -0.1) is 0 Å². The van der Waals surface area contributed by atoms with Gasteiger partial charge in [-0.1, -0.05) is 23.7 Å². The summed E-state index contributed by atoms with van der Waals surface area (Å²) in [6.07, 6.45) is 1.49. The van der Waals surface area contributed by atoms with Gasteiger partial charge in [0.15, 0.2) is 0 Å². The predicted molar refractivity (Wildman–Crippen MR) is 83.0 cm³/mol. The van der Waals surface area contributed by atoms with E-state index in [0.29, 0.717) is 11.3 Å². The van der Waals surface area contributed by atoms with Crippen LogP contribution >= 0.6 is 11.6 Å². The molecular formula is C15H11ClN2O4. The molecule has 0 aliphatic rings. The molecule has 6 nitrogen and oxygen atoms in total. The fourth-order valence-electron chi connectivity index (χ4n) is 1.65. The average Bonchev–Trinajstić information content (AvgIpc) is 2.49. The standard InChI is InChI=1S/C15H11ClN2O4/c16-13-6-5-11(7-12(13)15(21)22)18-17-8-9-1-3-10(4-2-9)14(19)20/h1-8,18H,(H,19,20)(H,21,22). The molecular weight excluding hydrogens is 308 g/mol. The van der Waals surface area contributed by atoms with E-state index in [-0.39, 0.29) is 16.1 Å². The molecule has 0 aromatic heterocycles. The summed E-state index contributed by atoms with van der Waals surface area (Å²) < 4.78 is 0. The van der Waals surface area contributed by atoms with Gasteiger partial charge in [0.05, 0.1) is 28.1 Å². The van der Waals surface area contributed by atoms with E-state index in [1.807, 2.05) is 0 Å². The fourth-order valence-corrected chi connectivity index (χ4v) is 1.85. The molecule has 0 bridgehead atoms. The SMILES string of the molecule is O=C(O)c1ccc(C=NNc2ccc(Cl)c(C(=O)O)c2)cc1. The second-order valence-electron chi connectivity index (χ2n) is 4.30. The van der Waals surface area contributed by atoms with Gasteiger partial charge in [-0.2, -0.15) is 5.10 Å². The molecule has 0 aliphatic carbocycles. The summed E-state index contributed by atoms with van der Waals surface area (Å²) >= 11 is 5.77. The molecule has 2 rings (SSSR count). The average molecular weight is 319 g/mol. The van der Waals surface area contributed by atoms with Crippen molar-refractivity contribution >= 4 is 35.4 Å². The predicted octanol–water partition coefficient (Wildman–Crippen LogP) is 3.18. The Hall–Kier alpha value is -2.86. The van der Waals surface area contributed by atoms with Crippen LogP contribution in [0, 0.1) is 0 Å². The van der Waals surface area contributed by atoms with E-state index in [1.54, 1.807) is 18.2 Å². The van der Waals surface area contributed by atoms with Crippen molar-refractivity contribution in [1.82, 2.24) is 0 Å². The number of benzene rings is 2. The van der Waals surface area contributed by atoms with Crippen molar-refractivity contribution in [2.75, 3.05) is 5.43 Å². The lowest BCUT2D eigenvalue weighted by atomic mass is 10.1. The van der Waals surface area contributed by atoms with Gasteiger partial charge < -0.3 is 10.2 Å². The number of hydrogen-bond acceptors (Lipinski definition) is 4. The Bertz CT molecular complexity index is 742. The molecule has 0 heterocycles. The van der Waals surface area contributed by atoms with Gasteiger partial charge in [-0.25, -0.2) is 9.59 Å². The summed E-state index contributed by atoms with van der Waals surface area (Å²) in [5.74, 6) is -2.12. The quantitative estimate of drug-likeness (QED) is 0.581. The van der Waals surface area contributed by atoms with E-state index in [4.69, 9.17) is 21.8 Å². The lowest BCUT2D eigenvalue weighted by Gasteiger charge is -2.03. The summed E-state index contributed by atoms with van der Waals surface area (Å²) in [6, 6.07) is 10.6. The van der Waals surface area contributed by atoms with Crippen LogP contribution in [0.4, 0.5) is 5.69 Å². The number of hydrogen-bond donors (Lipinski definition) is 3. The smallest absolute Gasteiger partial charge is 0.337 e. The largest absolute Gasteiger partial charge is 0.478 e. The summed E-state index contributed by atoms with van der Waals surface area (Å²) in [7, 11) is 0. The van der Waals surface area contributed by atoms with Gasteiger partial charge in [0.2, 0.25) is 0 Å². The minimum absolute atomic E-state index is 0.0207. The number of nitrogens with zero attached hydrogens (tertiary/aromatic N) is 1. The van der Waals surface area contributed by atoms with Crippen LogP contribution in [-0.2, 0) is 0 Å². The van der Waals surface area contributed by atoms with E-state index in [1.165, 1.54) is 30.5 Å². The Morgan fingerprint density at radius 2 is 1.73 bits per heavy atom. The first kappa shape index (κ1) is 15.5. The number of carbonyl (C=O) groups is 2. The minimum atomic E-state index is -1.12. The van der Waals surface area contributed by atoms with Crippen LogP contribution in [0.25, 0.3) is 0 Å². The molecule has 0 saturated heterocycles. The summed E-state index contributed by atoms with van der Waals surface area (Å²) in [5.41, 5.74) is 4.02. The summed E-state index contributed by atoms with van der Waals surface area (Å²) in [6.45, 7) is 0. The maximum Gasteiger partial charge on any atom is 0.337 e. The minimum Gasteiger partial charge on any atom is -0.478 e. The fraction of sp³-hybridized carbons (Fsp3) is 0. The normalized spacial score (nSPS) is 10.6. The van der Waals surface area contributed by atoms with Crippen LogP contribution in [0.2, 0.25) is 5.02 Å². The first-order valence-electron chi connectivity index (χ1n) is 6.12. The third kappa shape index (κ3) is 3.83. The monoisotopic (exact) mass is 318 g/mol. The van der Waals surface area contributed by atoms with Crippen LogP contribution in [0.5, 0.6) is 0 Å². The van der Waals surface area contributed by atoms with Crippen molar-refractivity contribution < 1.29 is 19.8 Å². The van der Waals surface area contributed by atoms with Crippen molar-refractivity contribution in [3.8, 4) is 0 Å². The molecule has 7 heteroatoms. The number of carboxylic acids is 2. The van der Waals surface area contributed by atoms with Crippen molar-refractivity contribution in [1.29, 1.82) is 0 Å². The number of rotatable bonds is 5. The first-order chi connectivity index (χ1) is 10.5. The van der Waals surface area contributed by atoms with Gasteiger partial charge in [0.1, 0.15) is 0 Å². The Morgan fingerprint density at radius 3 is 2.32 bits per heavy atom. The molecule has 0 unspecified atom stereocenters. The van der Waals surface area contributed by atoms with Crippen molar-refractivity contribution in [3.05, 3.63) is 64.2 Å². The molecule has 3 N–H and O–H groups in total. The highest BCUT2D eigenvalue weighted by Crippen LogP contribution is 2.20. The second-order valence-corrected chi connectivity index (χ2v) is 4.70. The number of anilines is 1. The number of halogens is 1. The highest BCUT2D eigenvalue weighted by molar-refractivity contribution is 6.33. The molecule has 22 heavy (non-hydrogen) atoms. The molecule has 0 spiro atoms. The van der Waals surface area contributed by atoms with Crippen molar-refractivity contribution in [2.24, 2.45) is 5.10 Å². The van der Waals surface area contributed by atoms with Crippen LogP contribution in [-0.4, -0.2) is 28.4 Å². The number of aromatic carboxylic acids is 2. The highest BCUT2D eigenvalue weighted by atomic mass is 35.5. The van der Waals surface area contributed by atoms with Gasteiger partial charge in [0.25, 0.3) is 0 Å². The molecule has 2 aromatic rings. The van der Waals surface area contributed by atoms with Crippen LogP contribution < -0.4 is 5.43 Å². The lowest BCUT2D eigenvalue weighted by Crippen LogP contribution is -1.99. The van der Waals surface area contributed by atoms with Crippen LogP contribution in [0.3, 0.4) is 0 Å². The zero-order chi connectivity index (χ0) is 16.1. The molecule has 0 amide bonds. The highest BCUT2D eigenvalue weighted by Gasteiger charge is 2.08. The van der Waals surface area contributed by atoms with Gasteiger partial charge in [-0.05, 0) is 35.9 Å². The summed E-state index contributed by atoms with van der Waals surface area (Å²) in [5, 5.41) is 21.9. The molecule has 0 atom stereocenters. The van der Waals surface area contributed by atoms with Crippen molar-refractivity contribution in [3.63, 3.8) is 0 Å². The molecule has 112 valence electrons. The number of hydrazone groups is 1. The topological polar surface area (TPSA) is 99.0 Å². The zero-order valence-corrected chi connectivity index (χ0v) is 11.9. The van der Waals surface area contributed by atoms with E-state index in [9.17, 15) is 9.59 Å². The third-order valence-corrected chi connectivity index (χ3v) is 3.09. The van der Waals surface area contributed by atoms with E-state index in [0.717, 1.165) is 0 Å². The Morgan fingerprint density at radius 1 is 1.05 bits per heavy atom. The zero-order valence-electron chi connectivity index (χ0n) is 11.2. The Labute approximate surface area is 130 Å². The summed E-state index contributed by atoms with van der Waals surface area (Å²) in [4.78, 5) is 21.7. The Balaban J connectivity index is 2.07. The molecule has 2 aromatic carbocycles. The molecule has 0 aliphatic heterocycles. The lowest BCUT2D eigenvalue weighted by molar-refractivity contribution is 0.0686. The first-order valence-corrected chi connectivity index (χ1v) is 6.50. The number of nitrogens with one attached hydrogen (secondary N) is 1. The Kier molecular flexibility index (Phi) is 4.75. The third-order valence-electron chi connectivity index (χ3n) is 2.76. The maximum absolute atomic E-state index is 11.0. The van der Waals surface area contributed by atoms with Gasteiger partial charge >= 0.3 is 11.9 Å². The van der Waals surface area contributed by atoms with E-state index < -0.39 is 11.9 Å². The van der Waals surface area contributed by atoms with Crippen LogP contribution in [0.1, 0.15) is 26.3 Å². The van der Waals surface area contributed by atoms with Crippen molar-refractivity contribution in [2.45, 2.75) is 0 Å². The van der Waals surface area contributed by atoms with E-state index in [2.05, 4.69) is 10.5 Å². The maximum atomic E-state index is 11.0. The number of carboxylic acid groups (broad SMARTS) is 2. The van der Waals surface area contributed by atoms with E-state index >= 15 is 0 Å². The van der Waals surface area contributed by atoms with Gasteiger partial charge in [0, 0.05) is 0 Å². The second kappa shape index (κ2) is 6.73. The molecule has 0 fully saturated rings. The van der Waals surface area contributed by atoms with Crippen LogP contribution in [0.15, 0.2) is 47.6 Å². The molecule has 0 radical (unpaired) electrons. The molecule has 0 saturated carbocycles. The van der Waals surface area contributed by atoms with Gasteiger partial charge in [-0.3, -0.25) is 5.43 Å².